The number of carbonyl (C=O) groups excluding carboxylic acids is 1. The van der Waals surface area contributed by atoms with Crippen LogP contribution in [0.3, 0.4) is 0 Å². The molecule has 0 aliphatic carbocycles. The highest BCUT2D eigenvalue weighted by molar-refractivity contribution is 6.31. The Kier molecular flexibility index (Phi) is 5.65. The van der Waals surface area contributed by atoms with Gasteiger partial charge in [-0.05, 0) is 55.0 Å². The van der Waals surface area contributed by atoms with E-state index in [1.807, 2.05) is 0 Å². The van der Waals surface area contributed by atoms with Crippen LogP contribution in [0.4, 0.5) is 11.4 Å². The Hall–Kier alpha value is -4.11. The molecule has 0 saturated heterocycles. The molecule has 0 spiro atoms. The molecule has 32 heavy (non-hydrogen) atoms. The van der Waals surface area contributed by atoms with Crippen LogP contribution in [-0.4, -0.2) is 27.5 Å². The van der Waals surface area contributed by atoms with Gasteiger partial charge in [-0.25, -0.2) is 4.98 Å². The topological polar surface area (TPSA) is 128 Å². The number of hydrogen-bond donors (Lipinski definition) is 2. The molecule has 0 aliphatic rings. The zero-order valence-electron chi connectivity index (χ0n) is 16.7. The van der Waals surface area contributed by atoms with Gasteiger partial charge in [-0.15, -0.1) is 0 Å². The number of phenols is 1. The number of carbonyl (C=O) groups is 1. The summed E-state index contributed by atoms with van der Waals surface area (Å²) in [5.41, 5.74) is 2.20. The Morgan fingerprint density at radius 3 is 2.69 bits per heavy atom. The molecule has 1 aromatic heterocycles. The smallest absolute Gasteiger partial charge is 0.269 e. The minimum atomic E-state index is -0.521. The molecular formula is C22H16ClN3O6. The van der Waals surface area contributed by atoms with Gasteiger partial charge in [-0.3, -0.25) is 14.9 Å². The molecule has 0 unspecified atom stereocenters. The summed E-state index contributed by atoms with van der Waals surface area (Å²) in [6, 6.07) is 13.5. The predicted octanol–water partition coefficient (Wildman–Crippen LogP) is 5.09. The molecule has 4 rings (SSSR count). The van der Waals surface area contributed by atoms with Crippen molar-refractivity contribution >= 4 is 40.0 Å². The number of hydrogen-bond acceptors (Lipinski definition) is 7. The Balaban J connectivity index is 1.50. The molecule has 0 atom stereocenters. The molecule has 3 aromatic carbocycles. The second-order valence-corrected chi connectivity index (χ2v) is 7.34. The lowest BCUT2D eigenvalue weighted by molar-refractivity contribution is -0.384. The van der Waals surface area contributed by atoms with E-state index in [4.69, 9.17) is 20.8 Å². The van der Waals surface area contributed by atoms with Gasteiger partial charge in [0.05, 0.1) is 10.5 Å². The van der Waals surface area contributed by atoms with E-state index in [1.54, 1.807) is 37.3 Å². The molecule has 1 heterocycles. The highest BCUT2D eigenvalue weighted by Gasteiger charge is 2.17. The first kappa shape index (κ1) is 21.1. The number of benzene rings is 3. The predicted molar refractivity (Wildman–Crippen MR) is 118 cm³/mol. The van der Waals surface area contributed by atoms with Crippen LogP contribution in [0.1, 0.15) is 5.56 Å². The first-order valence-electron chi connectivity index (χ1n) is 9.37. The number of aromatic hydroxyl groups is 1. The molecule has 9 nitrogen and oxygen atoms in total. The maximum Gasteiger partial charge on any atom is 0.269 e. The Labute approximate surface area is 186 Å². The van der Waals surface area contributed by atoms with Crippen LogP contribution < -0.4 is 10.1 Å². The number of non-ortho nitro benzene ring substituents is 1. The fourth-order valence-electron chi connectivity index (χ4n) is 3.04. The lowest BCUT2D eigenvalue weighted by atomic mass is 10.1. The summed E-state index contributed by atoms with van der Waals surface area (Å²) in [7, 11) is 0. The van der Waals surface area contributed by atoms with E-state index in [9.17, 15) is 20.0 Å². The minimum absolute atomic E-state index is 0.0252. The molecule has 0 radical (unpaired) electrons. The van der Waals surface area contributed by atoms with Crippen molar-refractivity contribution in [3.8, 4) is 23.0 Å². The third-order valence-electron chi connectivity index (χ3n) is 4.58. The molecule has 1 amide bonds. The van der Waals surface area contributed by atoms with Crippen LogP contribution in [0.25, 0.3) is 22.6 Å². The lowest BCUT2D eigenvalue weighted by Gasteiger charge is -2.11. The average Bonchev–Trinajstić information content (AvgIpc) is 3.18. The number of nitrogens with one attached hydrogen (secondary N) is 1. The number of aryl methyl sites for hydroxylation is 1. The highest BCUT2D eigenvalue weighted by atomic mass is 35.5. The summed E-state index contributed by atoms with van der Waals surface area (Å²) in [6.07, 6.45) is 0. The fourth-order valence-corrected chi connectivity index (χ4v) is 3.21. The Morgan fingerprint density at radius 1 is 1.22 bits per heavy atom. The maximum atomic E-state index is 12.3. The van der Waals surface area contributed by atoms with Crippen LogP contribution >= 0.6 is 11.6 Å². The summed E-state index contributed by atoms with van der Waals surface area (Å²) < 4.78 is 11.1. The first-order chi connectivity index (χ1) is 15.3. The van der Waals surface area contributed by atoms with Crippen molar-refractivity contribution in [2.75, 3.05) is 11.9 Å². The quantitative estimate of drug-likeness (QED) is 0.236. The molecule has 162 valence electrons. The SMILES string of the molecule is Cc1cc(NC(=O)COc2ccc([N+](=O)[O-])cc2)cc(-c2nc3cc(Cl)ccc3o2)c1O. The van der Waals surface area contributed by atoms with Crippen molar-refractivity contribution in [1.29, 1.82) is 0 Å². The molecule has 0 fully saturated rings. The van der Waals surface area contributed by atoms with Gasteiger partial charge in [-0.1, -0.05) is 11.6 Å². The number of anilines is 1. The van der Waals surface area contributed by atoms with Gasteiger partial charge in [0.2, 0.25) is 5.89 Å². The van der Waals surface area contributed by atoms with E-state index < -0.39 is 10.8 Å². The second kappa shape index (κ2) is 8.56. The molecule has 0 bridgehead atoms. The number of fused-ring (bicyclic) bond motifs is 1. The number of amides is 1. The van der Waals surface area contributed by atoms with E-state index in [0.29, 0.717) is 38.7 Å². The number of halogens is 1. The highest BCUT2D eigenvalue weighted by Crippen LogP contribution is 2.36. The van der Waals surface area contributed by atoms with E-state index in [2.05, 4.69) is 10.3 Å². The second-order valence-electron chi connectivity index (χ2n) is 6.91. The van der Waals surface area contributed by atoms with Crippen molar-refractivity contribution in [2.45, 2.75) is 6.92 Å². The zero-order valence-corrected chi connectivity index (χ0v) is 17.4. The Morgan fingerprint density at radius 2 is 1.97 bits per heavy atom. The van der Waals surface area contributed by atoms with Crippen molar-refractivity contribution in [3.05, 3.63) is 75.3 Å². The molecule has 10 heteroatoms. The molecule has 0 saturated carbocycles. The number of phenolic OH excluding ortho intramolecular Hbond substituents is 1. The number of oxazole rings is 1. The summed E-state index contributed by atoms with van der Waals surface area (Å²) in [4.78, 5) is 26.9. The van der Waals surface area contributed by atoms with E-state index in [1.165, 1.54) is 24.3 Å². The van der Waals surface area contributed by atoms with Gasteiger partial charge in [-0.2, -0.15) is 0 Å². The van der Waals surface area contributed by atoms with Crippen LogP contribution in [0.5, 0.6) is 11.5 Å². The van der Waals surface area contributed by atoms with E-state index in [-0.39, 0.29) is 23.9 Å². The minimum Gasteiger partial charge on any atom is -0.507 e. The van der Waals surface area contributed by atoms with Crippen molar-refractivity contribution in [3.63, 3.8) is 0 Å². The van der Waals surface area contributed by atoms with Gasteiger partial charge in [0.1, 0.15) is 17.0 Å². The van der Waals surface area contributed by atoms with Crippen LogP contribution in [0.15, 0.2) is 59.0 Å². The summed E-state index contributed by atoms with van der Waals surface area (Å²) in [5.74, 6) is 0.0195. The monoisotopic (exact) mass is 453 g/mol. The zero-order chi connectivity index (χ0) is 22.8. The molecular weight excluding hydrogens is 438 g/mol. The van der Waals surface area contributed by atoms with Gasteiger partial charge < -0.3 is 19.6 Å². The number of nitrogens with zero attached hydrogens (tertiary/aromatic N) is 2. The lowest BCUT2D eigenvalue weighted by Crippen LogP contribution is -2.20. The van der Waals surface area contributed by atoms with E-state index >= 15 is 0 Å². The van der Waals surface area contributed by atoms with E-state index in [0.717, 1.165) is 0 Å². The number of ether oxygens (including phenoxy) is 1. The van der Waals surface area contributed by atoms with Crippen LogP contribution in [0.2, 0.25) is 5.02 Å². The van der Waals surface area contributed by atoms with Gasteiger partial charge in [0.15, 0.2) is 12.2 Å². The summed E-state index contributed by atoms with van der Waals surface area (Å²) >= 11 is 5.99. The number of aromatic nitrogens is 1. The van der Waals surface area contributed by atoms with Gasteiger partial charge >= 0.3 is 0 Å². The normalized spacial score (nSPS) is 10.8. The molecule has 4 aromatic rings. The van der Waals surface area contributed by atoms with Gasteiger partial charge in [0, 0.05) is 22.8 Å². The number of nitro benzene ring substituents is 1. The van der Waals surface area contributed by atoms with Gasteiger partial charge in [0.25, 0.3) is 11.6 Å². The van der Waals surface area contributed by atoms with Crippen molar-refractivity contribution in [1.82, 2.24) is 4.98 Å². The standard InChI is InChI=1S/C22H16ClN3O6/c1-12-8-14(24-20(27)11-31-16-5-3-15(4-6-16)26(29)30)10-17(21(12)28)22-25-18-9-13(23)2-7-19(18)32-22/h2-10,28H,11H2,1H3,(H,24,27). The number of rotatable bonds is 6. The maximum absolute atomic E-state index is 12.3. The Bertz CT molecular complexity index is 1330. The first-order valence-corrected chi connectivity index (χ1v) is 9.75. The molecule has 0 aliphatic heterocycles. The third-order valence-corrected chi connectivity index (χ3v) is 4.82. The number of nitro groups is 1. The van der Waals surface area contributed by atoms with Crippen molar-refractivity contribution in [2.24, 2.45) is 0 Å². The fraction of sp³-hybridized carbons (Fsp3) is 0.0909. The average molecular weight is 454 g/mol. The van der Waals surface area contributed by atoms with Crippen LogP contribution in [-0.2, 0) is 4.79 Å². The van der Waals surface area contributed by atoms with Crippen molar-refractivity contribution < 1.29 is 24.0 Å². The largest absolute Gasteiger partial charge is 0.507 e. The third kappa shape index (κ3) is 4.47. The summed E-state index contributed by atoms with van der Waals surface area (Å²) in [5, 5.41) is 24.4. The summed E-state index contributed by atoms with van der Waals surface area (Å²) in [6.45, 7) is 1.37. The van der Waals surface area contributed by atoms with Crippen LogP contribution in [0, 0.1) is 17.0 Å². The molecule has 2 N–H and O–H groups in total.